The Morgan fingerprint density at radius 2 is 2.24 bits per heavy atom. The Morgan fingerprint density at radius 1 is 1.41 bits per heavy atom. The minimum atomic E-state index is 0.847. The lowest BCUT2D eigenvalue weighted by Crippen LogP contribution is -1.95. The van der Waals surface area contributed by atoms with Crippen molar-refractivity contribution in [2.24, 2.45) is 7.05 Å². The molecule has 0 N–H and O–H groups in total. The Kier molecular flexibility index (Phi) is 3.64. The molecule has 0 fully saturated rings. The molecule has 2 aromatic rings. The van der Waals surface area contributed by atoms with Gasteiger partial charge in [-0.1, -0.05) is 41.6 Å². The number of benzene rings is 1. The van der Waals surface area contributed by atoms with Crippen LogP contribution in [0, 0.1) is 6.92 Å². The van der Waals surface area contributed by atoms with Gasteiger partial charge < -0.3 is 4.57 Å². The van der Waals surface area contributed by atoms with Crippen LogP contribution in [0.3, 0.4) is 0 Å². The molecule has 3 nitrogen and oxygen atoms in total. The van der Waals surface area contributed by atoms with E-state index in [-0.39, 0.29) is 0 Å². The van der Waals surface area contributed by atoms with Crippen molar-refractivity contribution >= 4 is 11.8 Å². The fourth-order valence-corrected chi connectivity index (χ4v) is 2.26. The number of rotatable bonds is 4. The molecule has 0 amide bonds. The Bertz CT molecular complexity index is 531. The van der Waals surface area contributed by atoms with Crippen LogP contribution < -0.4 is 0 Å². The number of hydrogen-bond acceptors (Lipinski definition) is 3. The number of aromatic nitrogens is 3. The monoisotopic (exact) mass is 245 g/mol. The molecule has 0 atom stereocenters. The van der Waals surface area contributed by atoms with E-state index >= 15 is 0 Å². The summed E-state index contributed by atoms with van der Waals surface area (Å²) in [5.41, 5.74) is 2.33. The average Bonchev–Trinajstić information content (AvgIpc) is 2.68. The highest BCUT2D eigenvalue weighted by Crippen LogP contribution is 2.22. The molecule has 0 radical (unpaired) electrons. The normalized spacial score (nSPS) is 10.5. The molecule has 1 aromatic carbocycles. The van der Waals surface area contributed by atoms with Gasteiger partial charge in [-0.25, -0.2) is 0 Å². The third-order valence-corrected chi connectivity index (χ3v) is 3.46. The first kappa shape index (κ1) is 11.9. The Morgan fingerprint density at radius 3 is 2.94 bits per heavy atom. The van der Waals surface area contributed by atoms with Gasteiger partial charge in [0.25, 0.3) is 0 Å². The quantitative estimate of drug-likeness (QED) is 0.612. The minimum absolute atomic E-state index is 0.847. The molecule has 0 aliphatic carbocycles. The van der Waals surface area contributed by atoms with E-state index < -0.39 is 0 Å². The molecule has 0 bridgehead atoms. The summed E-state index contributed by atoms with van der Waals surface area (Å²) in [6.07, 6.45) is 1.87. The van der Waals surface area contributed by atoms with Crippen LogP contribution >= 0.6 is 11.8 Å². The predicted molar refractivity (Wildman–Crippen MR) is 72.1 cm³/mol. The van der Waals surface area contributed by atoms with Crippen LogP contribution in [0.4, 0.5) is 0 Å². The maximum absolute atomic E-state index is 4.24. The van der Waals surface area contributed by atoms with Gasteiger partial charge in [0, 0.05) is 18.4 Å². The van der Waals surface area contributed by atoms with Gasteiger partial charge in [-0.15, -0.1) is 16.8 Å². The minimum Gasteiger partial charge on any atom is -0.305 e. The first-order chi connectivity index (χ1) is 8.22. The van der Waals surface area contributed by atoms with Crippen molar-refractivity contribution < 1.29 is 0 Å². The largest absolute Gasteiger partial charge is 0.305 e. The summed E-state index contributed by atoms with van der Waals surface area (Å²) in [7, 11) is 1.99. The molecule has 4 heteroatoms. The molecule has 0 unspecified atom stereocenters. The van der Waals surface area contributed by atoms with Crippen molar-refractivity contribution in [2.75, 3.05) is 5.75 Å². The molecule has 2 rings (SSSR count). The molecule has 0 aliphatic rings. The second kappa shape index (κ2) is 5.19. The lowest BCUT2D eigenvalue weighted by molar-refractivity contribution is 0.795. The fourth-order valence-electron chi connectivity index (χ4n) is 1.61. The van der Waals surface area contributed by atoms with Gasteiger partial charge in [-0.05, 0) is 13.0 Å². The van der Waals surface area contributed by atoms with Gasteiger partial charge in [-0.2, -0.15) is 0 Å². The van der Waals surface area contributed by atoms with Crippen LogP contribution in [0.5, 0.6) is 0 Å². The Balaban J connectivity index is 2.33. The summed E-state index contributed by atoms with van der Waals surface area (Å²) < 4.78 is 2.02. The van der Waals surface area contributed by atoms with Crippen LogP contribution in [-0.4, -0.2) is 20.5 Å². The van der Waals surface area contributed by atoms with Gasteiger partial charge in [0.2, 0.25) is 0 Å². The van der Waals surface area contributed by atoms with Crippen molar-refractivity contribution in [3.8, 4) is 11.4 Å². The number of thioether (sulfide) groups is 1. The van der Waals surface area contributed by atoms with E-state index in [1.807, 2.05) is 23.8 Å². The van der Waals surface area contributed by atoms with E-state index in [1.165, 1.54) is 5.56 Å². The Labute approximate surface area is 106 Å². The highest BCUT2D eigenvalue weighted by Gasteiger charge is 2.10. The topological polar surface area (TPSA) is 30.7 Å². The predicted octanol–water partition coefficient (Wildman–Crippen LogP) is 3.07. The van der Waals surface area contributed by atoms with E-state index in [0.29, 0.717) is 0 Å². The molecule has 1 aromatic heterocycles. The van der Waals surface area contributed by atoms with Gasteiger partial charge in [-0.3, -0.25) is 0 Å². The second-order valence-corrected chi connectivity index (χ2v) is 4.82. The molecular formula is C13H15N3S. The highest BCUT2D eigenvalue weighted by molar-refractivity contribution is 7.99. The van der Waals surface area contributed by atoms with Gasteiger partial charge >= 0.3 is 0 Å². The molecular weight excluding hydrogens is 230 g/mol. The first-order valence-corrected chi connectivity index (χ1v) is 6.41. The van der Waals surface area contributed by atoms with Crippen molar-refractivity contribution in [2.45, 2.75) is 12.1 Å². The van der Waals surface area contributed by atoms with Crippen molar-refractivity contribution in [3.63, 3.8) is 0 Å². The maximum Gasteiger partial charge on any atom is 0.191 e. The maximum atomic E-state index is 4.24. The van der Waals surface area contributed by atoms with Gasteiger partial charge in [0.1, 0.15) is 0 Å². The molecule has 88 valence electrons. The van der Waals surface area contributed by atoms with Crippen LogP contribution in [0.15, 0.2) is 42.1 Å². The summed E-state index contributed by atoms with van der Waals surface area (Å²) in [4.78, 5) is 0. The molecule has 0 saturated carbocycles. The highest BCUT2D eigenvalue weighted by atomic mass is 32.2. The first-order valence-electron chi connectivity index (χ1n) is 5.42. The summed E-state index contributed by atoms with van der Waals surface area (Å²) in [5, 5.41) is 9.34. The van der Waals surface area contributed by atoms with E-state index in [9.17, 15) is 0 Å². The third-order valence-electron chi connectivity index (χ3n) is 2.44. The summed E-state index contributed by atoms with van der Waals surface area (Å²) >= 11 is 1.64. The second-order valence-electron chi connectivity index (χ2n) is 3.83. The molecule has 17 heavy (non-hydrogen) atoms. The summed E-state index contributed by atoms with van der Waals surface area (Å²) in [6, 6.07) is 8.29. The van der Waals surface area contributed by atoms with Gasteiger partial charge in [0.05, 0.1) is 0 Å². The lowest BCUT2D eigenvalue weighted by atomic mass is 10.1. The molecule has 1 heterocycles. The zero-order valence-corrected chi connectivity index (χ0v) is 10.9. The molecule has 0 aliphatic heterocycles. The Hall–Kier alpha value is -1.55. The van der Waals surface area contributed by atoms with Crippen LogP contribution in [0.25, 0.3) is 11.4 Å². The smallest absolute Gasteiger partial charge is 0.191 e. The zero-order chi connectivity index (χ0) is 12.3. The summed E-state index contributed by atoms with van der Waals surface area (Å²) in [5.74, 6) is 1.75. The zero-order valence-electron chi connectivity index (χ0n) is 10.1. The van der Waals surface area contributed by atoms with Crippen LogP contribution in [0.2, 0.25) is 0 Å². The molecule has 0 spiro atoms. The third kappa shape index (κ3) is 2.58. The van der Waals surface area contributed by atoms with Crippen LogP contribution in [0.1, 0.15) is 5.56 Å². The average molecular weight is 245 g/mol. The summed E-state index contributed by atoms with van der Waals surface area (Å²) in [6.45, 7) is 5.78. The fraction of sp³-hybridized carbons (Fsp3) is 0.231. The number of aryl methyl sites for hydroxylation is 1. The van der Waals surface area contributed by atoms with E-state index in [0.717, 1.165) is 22.3 Å². The lowest BCUT2D eigenvalue weighted by Gasteiger charge is -2.03. The van der Waals surface area contributed by atoms with E-state index in [4.69, 9.17) is 0 Å². The molecule has 0 saturated heterocycles. The van der Waals surface area contributed by atoms with Crippen LogP contribution in [-0.2, 0) is 7.05 Å². The van der Waals surface area contributed by atoms with E-state index in [1.54, 1.807) is 11.8 Å². The standard InChI is InChI=1S/C13H15N3S/c1-4-8-17-13-15-14-12(16(13)3)11-7-5-6-10(2)9-11/h4-7,9H,1,8H2,2-3H3. The van der Waals surface area contributed by atoms with E-state index in [2.05, 4.69) is 41.9 Å². The van der Waals surface area contributed by atoms with Gasteiger partial charge in [0.15, 0.2) is 11.0 Å². The number of hydrogen-bond donors (Lipinski definition) is 0. The van der Waals surface area contributed by atoms with Crippen molar-refractivity contribution in [1.29, 1.82) is 0 Å². The SMILES string of the molecule is C=CCSc1nnc(-c2cccc(C)c2)n1C. The number of nitrogens with zero attached hydrogens (tertiary/aromatic N) is 3. The van der Waals surface area contributed by atoms with Crippen molar-refractivity contribution in [1.82, 2.24) is 14.8 Å². The van der Waals surface area contributed by atoms with Crippen molar-refractivity contribution in [3.05, 3.63) is 42.5 Å².